The molecule has 0 atom stereocenters. The molecular formula is C6H8N4O2. The lowest BCUT2D eigenvalue weighted by atomic mass is 10.5. The van der Waals surface area contributed by atoms with Crippen LogP contribution in [0.2, 0.25) is 0 Å². The molecule has 0 bridgehead atoms. The van der Waals surface area contributed by atoms with Crippen molar-refractivity contribution in [3.05, 3.63) is 0 Å². The van der Waals surface area contributed by atoms with Crippen molar-refractivity contribution in [2.24, 2.45) is 11.5 Å². The number of primary amides is 2. The van der Waals surface area contributed by atoms with Crippen molar-refractivity contribution < 1.29 is 9.59 Å². The van der Waals surface area contributed by atoms with Crippen LogP contribution >= 0.6 is 0 Å². The van der Waals surface area contributed by atoms with Gasteiger partial charge in [0.2, 0.25) is 11.8 Å². The van der Waals surface area contributed by atoms with Gasteiger partial charge in [-0.2, -0.15) is 10.5 Å². The second kappa shape index (κ2) is 8.92. The highest BCUT2D eigenvalue weighted by Crippen LogP contribution is 1.64. The zero-order valence-corrected chi connectivity index (χ0v) is 6.28. The van der Waals surface area contributed by atoms with E-state index in [-0.39, 0.29) is 12.8 Å². The Morgan fingerprint density at radius 3 is 1.25 bits per heavy atom. The monoisotopic (exact) mass is 168 g/mol. The van der Waals surface area contributed by atoms with Crippen molar-refractivity contribution in [1.29, 1.82) is 10.5 Å². The lowest BCUT2D eigenvalue weighted by molar-refractivity contribution is -0.117. The van der Waals surface area contributed by atoms with Gasteiger partial charge in [0.25, 0.3) is 0 Å². The molecule has 0 aliphatic rings. The van der Waals surface area contributed by atoms with Gasteiger partial charge in [0.05, 0.1) is 12.1 Å². The summed E-state index contributed by atoms with van der Waals surface area (Å²) in [5.74, 6) is -1.14. The quantitative estimate of drug-likeness (QED) is 0.533. The first-order chi connectivity index (χ1) is 5.54. The van der Waals surface area contributed by atoms with Crippen LogP contribution in [0.1, 0.15) is 12.8 Å². The van der Waals surface area contributed by atoms with Crippen LogP contribution in [0.15, 0.2) is 0 Å². The molecule has 6 nitrogen and oxygen atoms in total. The van der Waals surface area contributed by atoms with E-state index in [1.54, 1.807) is 12.1 Å². The smallest absolute Gasteiger partial charge is 0.231 e. The van der Waals surface area contributed by atoms with E-state index < -0.39 is 11.8 Å². The van der Waals surface area contributed by atoms with Gasteiger partial charge in [-0.15, -0.1) is 0 Å². The van der Waals surface area contributed by atoms with Gasteiger partial charge in [0.15, 0.2) is 0 Å². The Morgan fingerprint density at radius 2 is 1.25 bits per heavy atom. The van der Waals surface area contributed by atoms with E-state index in [9.17, 15) is 9.59 Å². The van der Waals surface area contributed by atoms with Gasteiger partial charge < -0.3 is 11.5 Å². The van der Waals surface area contributed by atoms with Gasteiger partial charge >= 0.3 is 0 Å². The van der Waals surface area contributed by atoms with Gasteiger partial charge in [0.1, 0.15) is 12.8 Å². The summed E-state index contributed by atoms with van der Waals surface area (Å²) >= 11 is 0. The Bertz CT molecular complexity index is 209. The van der Waals surface area contributed by atoms with Crippen molar-refractivity contribution in [2.75, 3.05) is 0 Å². The molecule has 4 N–H and O–H groups in total. The van der Waals surface area contributed by atoms with Gasteiger partial charge in [0, 0.05) is 0 Å². The third-order valence-corrected chi connectivity index (χ3v) is 0.507. The van der Waals surface area contributed by atoms with Crippen molar-refractivity contribution in [3.8, 4) is 12.1 Å². The lowest BCUT2D eigenvalue weighted by Crippen LogP contribution is -2.07. The highest BCUT2D eigenvalue weighted by Gasteiger charge is 1.84. The molecule has 0 heterocycles. The first-order valence-corrected chi connectivity index (χ1v) is 2.85. The summed E-state index contributed by atoms with van der Waals surface area (Å²) in [5, 5.41) is 15.4. The Kier molecular flexibility index (Phi) is 9.35. The third-order valence-electron chi connectivity index (χ3n) is 0.507. The van der Waals surface area contributed by atoms with E-state index in [4.69, 9.17) is 10.5 Å². The van der Waals surface area contributed by atoms with E-state index >= 15 is 0 Å². The number of rotatable bonds is 2. The third kappa shape index (κ3) is 24.7. The maximum absolute atomic E-state index is 9.60. The molecule has 0 rings (SSSR count). The molecule has 0 radical (unpaired) electrons. The summed E-state index contributed by atoms with van der Waals surface area (Å²) in [6.07, 6.45) is -0.361. The summed E-state index contributed by atoms with van der Waals surface area (Å²) in [5.41, 5.74) is 9.08. The van der Waals surface area contributed by atoms with Crippen LogP contribution in [-0.4, -0.2) is 11.8 Å². The summed E-state index contributed by atoms with van der Waals surface area (Å²) in [6, 6.07) is 3.19. The number of nitrogens with zero attached hydrogens (tertiary/aromatic N) is 2. The molecule has 0 aromatic rings. The van der Waals surface area contributed by atoms with Gasteiger partial charge in [-0.3, -0.25) is 9.59 Å². The van der Waals surface area contributed by atoms with Crippen molar-refractivity contribution in [1.82, 2.24) is 0 Å². The molecule has 0 unspecified atom stereocenters. The van der Waals surface area contributed by atoms with E-state index in [0.717, 1.165) is 0 Å². The van der Waals surface area contributed by atoms with Crippen LogP contribution in [0.3, 0.4) is 0 Å². The van der Waals surface area contributed by atoms with Crippen LogP contribution in [0.5, 0.6) is 0 Å². The molecule has 0 aliphatic carbocycles. The molecule has 0 aliphatic heterocycles. The highest BCUT2D eigenvalue weighted by atomic mass is 16.1. The molecule has 0 fully saturated rings. The van der Waals surface area contributed by atoms with Crippen LogP contribution in [0.4, 0.5) is 0 Å². The number of hydrogen-bond donors (Lipinski definition) is 2. The second-order valence-electron chi connectivity index (χ2n) is 1.60. The standard InChI is InChI=1S/2C3H4N2O/c2*4-2-1-3(5)6/h2*1H2,(H2,5,6). The minimum Gasteiger partial charge on any atom is -0.369 e. The lowest BCUT2D eigenvalue weighted by Gasteiger charge is -1.71. The van der Waals surface area contributed by atoms with Gasteiger partial charge in [-0.05, 0) is 0 Å². The Hall–Kier alpha value is -2.08. The highest BCUT2D eigenvalue weighted by molar-refractivity contribution is 5.76. The summed E-state index contributed by atoms with van der Waals surface area (Å²) < 4.78 is 0. The molecule has 0 saturated heterocycles. The molecule has 0 saturated carbocycles. The molecule has 2 amide bonds. The fourth-order valence-electron chi connectivity index (χ4n) is 0.156. The molecular weight excluding hydrogens is 160 g/mol. The van der Waals surface area contributed by atoms with Crippen molar-refractivity contribution in [3.63, 3.8) is 0 Å². The Morgan fingerprint density at radius 1 is 1.00 bits per heavy atom. The van der Waals surface area contributed by atoms with Crippen molar-refractivity contribution in [2.45, 2.75) is 12.8 Å². The Balaban J connectivity index is 0. The minimum absolute atomic E-state index is 0.181. The first-order valence-electron chi connectivity index (χ1n) is 2.85. The molecule has 6 heteroatoms. The molecule has 64 valence electrons. The van der Waals surface area contributed by atoms with Crippen molar-refractivity contribution >= 4 is 11.8 Å². The molecule has 12 heavy (non-hydrogen) atoms. The number of nitrogens with two attached hydrogens (primary N) is 2. The topological polar surface area (TPSA) is 134 Å². The second-order valence-corrected chi connectivity index (χ2v) is 1.60. The van der Waals surface area contributed by atoms with Crippen LogP contribution < -0.4 is 11.5 Å². The Labute approximate surface area is 69.4 Å². The number of amides is 2. The largest absolute Gasteiger partial charge is 0.369 e. The zero-order valence-electron chi connectivity index (χ0n) is 6.28. The van der Waals surface area contributed by atoms with E-state index in [2.05, 4.69) is 11.5 Å². The SMILES string of the molecule is N#CCC(N)=O.N#CCC(N)=O. The van der Waals surface area contributed by atoms with Crippen LogP contribution in [0, 0.1) is 22.7 Å². The fraction of sp³-hybridized carbons (Fsp3) is 0.333. The number of carbonyl (C=O) groups is 2. The predicted octanol–water partition coefficient (Wildman–Crippen LogP) is -1.23. The average Bonchev–Trinajstić information content (AvgIpc) is 1.87. The summed E-state index contributed by atoms with van der Waals surface area (Å²) in [6.45, 7) is 0. The maximum Gasteiger partial charge on any atom is 0.231 e. The van der Waals surface area contributed by atoms with Crippen LogP contribution in [0.25, 0.3) is 0 Å². The first kappa shape index (κ1) is 12.6. The van der Waals surface area contributed by atoms with E-state index in [0.29, 0.717) is 0 Å². The summed E-state index contributed by atoms with van der Waals surface area (Å²) in [4.78, 5) is 19.2. The van der Waals surface area contributed by atoms with E-state index in [1.807, 2.05) is 0 Å². The maximum atomic E-state index is 9.60. The molecule has 0 spiro atoms. The average molecular weight is 168 g/mol. The fourth-order valence-corrected chi connectivity index (χ4v) is 0.156. The summed E-state index contributed by atoms with van der Waals surface area (Å²) in [7, 11) is 0. The predicted molar refractivity (Wildman–Crippen MR) is 38.8 cm³/mol. The zero-order chi connectivity index (χ0) is 9.98. The molecule has 0 aromatic heterocycles. The number of nitriles is 2. The van der Waals surface area contributed by atoms with Gasteiger partial charge in [-0.1, -0.05) is 0 Å². The normalized spacial score (nSPS) is 6.50. The molecule has 0 aromatic carbocycles. The van der Waals surface area contributed by atoms with E-state index in [1.165, 1.54) is 0 Å². The van der Waals surface area contributed by atoms with Gasteiger partial charge in [-0.25, -0.2) is 0 Å². The number of hydrogen-bond acceptors (Lipinski definition) is 4. The minimum atomic E-state index is -0.572. The number of carbonyl (C=O) groups excluding carboxylic acids is 2. The van der Waals surface area contributed by atoms with Crippen LogP contribution in [-0.2, 0) is 9.59 Å².